The third-order valence-corrected chi connectivity index (χ3v) is 5.66. The van der Waals surface area contributed by atoms with Crippen molar-refractivity contribution < 1.29 is 32.2 Å². The van der Waals surface area contributed by atoms with Crippen molar-refractivity contribution in [1.29, 1.82) is 0 Å². The Kier molecular flexibility index (Phi) is 7.66. The summed E-state index contributed by atoms with van der Waals surface area (Å²) in [6, 6.07) is 8.64. The Hall–Kier alpha value is -3.03. The standard InChI is InChI=1S/C25H28F3NO4/c1-4-11-29(24(31)17-6-7-17)15-18-14-19(25(26,27)28)8-9-20(18)21-12-16(13-23(30)33-3)5-10-22(21)32-2/h5,8-10,12,14,17H,4,6-7,11,13,15H2,1-3H3. The normalized spacial score (nSPS) is 13.5. The van der Waals surface area contributed by atoms with Crippen LogP contribution in [0.25, 0.3) is 11.1 Å². The minimum Gasteiger partial charge on any atom is -0.496 e. The van der Waals surface area contributed by atoms with Crippen LogP contribution in [-0.4, -0.2) is 37.5 Å². The fourth-order valence-corrected chi connectivity index (χ4v) is 3.81. The van der Waals surface area contributed by atoms with Gasteiger partial charge in [-0.1, -0.05) is 19.1 Å². The van der Waals surface area contributed by atoms with Gasteiger partial charge in [0.05, 0.1) is 26.2 Å². The molecule has 0 aliphatic heterocycles. The molecule has 2 aromatic carbocycles. The summed E-state index contributed by atoms with van der Waals surface area (Å²) >= 11 is 0. The monoisotopic (exact) mass is 463 g/mol. The number of carbonyl (C=O) groups is 2. The van der Waals surface area contributed by atoms with E-state index in [2.05, 4.69) is 0 Å². The van der Waals surface area contributed by atoms with Crippen LogP contribution in [0.5, 0.6) is 5.75 Å². The van der Waals surface area contributed by atoms with Crippen molar-refractivity contribution in [3.63, 3.8) is 0 Å². The van der Waals surface area contributed by atoms with E-state index in [1.807, 2.05) is 6.92 Å². The van der Waals surface area contributed by atoms with Gasteiger partial charge in [0.1, 0.15) is 5.75 Å². The number of rotatable bonds is 9. The minimum absolute atomic E-state index is 0.0194. The molecule has 1 amide bonds. The number of hydrogen-bond acceptors (Lipinski definition) is 4. The highest BCUT2D eigenvalue weighted by Crippen LogP contribution is 2.39. The molecule has 0 aromatic heterocycles. The van der Waals surface area contributed by atoms with Crippen LogP contribution in [0.15, 0.2) is 36.4 Å². The highest BCUT2D eigenvalue weighted by molar-refractivity contribution is 5.82. The SMILES string of the molecule is CCCN(Cc1cc(C(F)(F)F)ccc1-c1cc(CC(=O)OC)ccc1OC)C(=O)C1CC1. The van der Waals surface area contributed by atoms with Crippen molar-refractivity contribution >= 4 is 11.9 Å². The molecule has 3 rings (SSSR count). The first-order chi connectivity index (χ1) is 15.7. The van der Waals surface area contributed by atoms with Crippen LogP contribution >= 0.6 is 0 Å². The number of ether oxygens (including phenoxy) is 2. The van der Waals surface area contributed by atoms with Gasteiger partial charge in [0, 0.05) is 24.6 Å². The highest BCUT2D eigenvalue weighted by atomic mass is 19.4. The number of carbonyl (C=O) groups excluding carboxylic acids is 2. The Labute approximate surface area is 191 Å². The summed E-state index contributed by atoms with van der Waals surface area (Å²) in [6.07, 6.45) is -2.16. The van der Waals surface area contributed by atoms with Crippen LogP contribution in [0.4, 0.5) is 13.2 Å². The molecule has 0 spiro atoms. The number of alkyl halides is 3. The summed E-state index contributed by atoms with van der Waals surface area (Å²) < 4.78 is 50.8. The Balaban J connectivity index is 2.10. The van der Waals surface area contributed by atoms with E-state index < -0.39 is 17.7 Å². The predicted molar refractivity (Wildman–Crippen MR) is 118 cm³/mol. The molecule has 0 radical (unpaired) electrons. The average Bonchev–Trinajstić information content (AvgIpc) is 3.63. The molecule has 0 saturated heterocycles. The Morgan fingerprint density at radius 3 is 2.36 bits per heavy atom. The van der Waals surface area contributed by atoms with Gasteiger partial charge in [0.15, 0.2) is 0 Å². The first kappa shape index (κ1) is 24.6. The zero-order valence-corrected chi connectivity index (χ0v) is 19.0. The van der Waals surface area contributed by atoms with Crippen LogP contribution in [0.3, 0.4) is 0 Å². The lowest BCUT2D eigenvalue weighted by atomic mass is 9.94. The first-order valence-corrected chi connectivity index (χ1v) is 10.9. The van der Waals surface area contributed by atoms with Crippen molar-refractivity contribution in [3.8, 4) is 16.9 Å². The molecule has 0 N–H and O–H groups in total. The fourth-order valence-electron chi connectivity index (χ4n) is 3.81. The van der Waals surface area contributed by atoms with E-state index in [1.54, 1.807) is 23.1 Å². The van der Waals surface area contributed by atoms with Gasteiger partial charge >= 0.3 is 12.1 Å². The second-order valence-corrected chi connectivity index (χ2v) is 8.19. The molecule has 2 aromatic rings. The van der Waals surface area contributed by atoms with Crippen LogP contribution in [0, 0.1) is 5.92 Å². The minimum atomic E-state index is -4.51. The molecule has 0 unspecified atom stereocenters. The second-order valence-electron chi connectivity index (χ2n) is 8.19. The van der Waals surface area contributed by atoms with E-state index in [0.717, 1.165) is 25.0 Å². The van der Waals surface area contributed by atoms with Gasteiger partial charge in [-0.2, -0.15) is 13.2 Å². The molecular formula is C25H28F3NO4. The number of methoxy groups -OCH3 is 2. The van der Waals surface area contributed by atoms with E-state index >= 15 is 0 Å². The van der Waals surface area contributed by atoms with Gasteiger partial charge in [0.2, 0.25) is 5.91 Å². The van der Waals surface area contributed by atoms with Crippen molar-refractivity contribution in [3.05, 3.63) is 53.1 Å². The summed E-state index contributed by atoms with van der Waals surface area (Å²) in [6.45, 7) is 2.46. The molecular weight excluding hydrogens is 435 g/mol. The molecule has 0 bridgehead atoms. The molecule has 1 saturated carbocycles. The third kappa shape index (κ3) is 6.06. The van der Waals surface area contributed by atoms with Crippen LogP contribution in [0.1, 0.15) is 42.9 Å². The molecule has 1 fully saturated rings. The zero-order valence-electron chi connectivity index (χ0n) is 19.0. The molecule has 0 atom stereocenters. The topological polar surface area (TPSA) is 55.8 Å². The third-order valence-electron chi connectivity index (χ3n) is 5.66. The number of benzene rings is 2. The predicted octanol–water partition coefficient (Wildman–Crippen LogP) is 5.25. The fraction of sp³-hybridized carbons (Fsp3) is 0.440. The number of hydrogen-bond donors (Lipinski definition) is 0. The van der Waals surface area contributed by atoms with Crippen LogP contribution < -0.4 is 4.74 Å². The molecule has 5 nitrogen and oxygen atoms in total. The van der Waals surface area contributed by atoms with Crippen LogP contribution in [-0.2, 0) is 33.5 Å². The van der Waals surface area contributed by atoms with Crippen molar-refractivity contribution in [2.24, 2.45) is 5.92 Å². The number of halogens is 3. The maximum Gasteiger partial charge on any atom is 0.416 e. The smallest absolute Gasteiger partial charge is 0.416 e. The lowest BCUT2D eigenvalue weighted by Crippen LogP contribution is -2.32. The summed E-state index contributed by atoms with van der Waals surface area (Å²) in [5, 5.41) is 0. The van der Waals surface area contributed by atoms with Crippen molar-refractivity contribution in [1.82, 2.24) is 4.90 Å². The van der Waals surface area contributed by atoms with E-state index in [9.17, 15) is 22.8 Å². The van der Waals surface area contributed by atoms with Gasteiger partial charge in [0.25, 0.3) is 0 Å². The van der Waals surface area contributed by atoms with Crippen LogP contribution in [0.2, 0.25) is 0 Å². The Morgan fingerprint density at radius 2 is 1.79 bits per heavy atom. The average molecular weight is 463 g/mol. The molecule has 33 heavy (non-hydrogen) atoms. The van der Waals surface area contributed by atoms with Gasteiger partial charge in [-0.3, -0.25) is 9.59 Å². The first-order valence-electron chi connectivity index (χ1n) is 10.9. The zero-order chi connectivity index (χ0) is 24.2. The summed E-state index contributed by atoms with van der Waals surface area (Å²) in [5.41, 5.74) is 1.32. The highest BCUT2D eigenvalue weighted by Gasteiger charge is 2.35. The Bertz CT molecular complexity index is 1020. The number of esters is 1. The maximum absolute atomic E-state index is 13.5. The molecule has 178 valence electrons. The molecule has 0 heterocycles. The molecule has 8 heteroatoms. The lowest BCUT2D eigenvalue weighted by molar-refractivity contribution is -0.140. The van der Waals surface area contributed by atoms with Gasteiger partial charge in [-0.15, -0.1) is 0 Å². The molecule has 1 aliphatic carbocycles. The van der Waals surface area contributed by atoms with Crippen molar-refractivity contribution in [2.45, 2.75) is 45.3 Å². The largest absolute Gasteiger partial charge is 0.496 e. The molecule has 1 aliphatic rings. The number of amides is 1. The summed E-state index contributed by atoms with van der Waals surface area (Å²) in [5.74, 6) is -0.0292. The summed E-state index contributed by atoms with van der Waals surface area (Å²) in [7, 11) is 2.77. The van der Waals surface area contributed by atoms with Crippen molar-refractivity contribution in [2.75, 3.05) is 20.8 Å². The van der Waals surface area contributed by atoms with Gasteiger partial charge in [-0.25, -0.2) is 0 Å². The van der Waals surface area contributed by atoms with Gasteiger partial charge < -0.3 is 14.4 Å². The van der Waals surface area contributed by atoms with E-state index in [0.29, 0.717) is 41.0 Å². The number of nitrogens with zero attached hydrogens (tertiary/aromatic N) is 1. The van der Waals surface area contributed by atoms with E-state index in [1.165, 1.54) is 20.3 Å². The van der Waals surface area contributed by atoms with E-state index in [4.69, 9.17) is 9.47 Å². The van der Waals surface area contributed by atoms with E-state index in [-0.39, 0.29) is 24.8 Å². The second kappa shape index (κ2) is 10.3. The quantitative estimate of drug-likeness (QED) is 0.477. The summed E-state index contributed by atoms with van der Waals surface area (Å²) in [4.78, 5) is 26.2. The lowest BCUT2D eigenvalue weighted by Gasteiger charge is -2.25. The van der Waals surface area contributed by atoms with Gasteiger partial charge in [-0.05, 0) is 60.2 Å². The Morgan fingerprint density at radius 1 is 1.06 bits per heavy atom. The maximum atomic E-state index is 13.5.